The molecule has 0 atom stereocenters. The van der Waals surface area contributed by atoms with Crippen LogP contribution in [0.3, 0.4) is 0 Å². The Morgan fingerprint density at radius 3 is 1.32 bits per heavy atom. The van der Waals surface area contributed by atoms with Crippen LogP contribution in [0.5, 0.6) is 0 Å². The molecule has 0 heterocycles. The Balaban J connectivity index is 0.000000115. The van der Waals surface area contributed by atoms with E-state index >= 15 is 0 Å². The van der Waals surface area contributed by atoms with Gasteiger partial charge in [-0.05, 0) is 121 Å². The van der Waals surface area contributed by atoms with Gasteiger partial charge >= 0.3 is 0 Å². The van der Waals surface area contributed by atoms with Crippen molar-refractivity contribution in [2.45, 2.75) is 25.7 Å². The van der Waals surface area contributed by atoms with Gasteiger partial charge in [0.05, 0.1) is 0 Å². The molecule has 0 N–H and O–H groups in total. The van der Waals surface area contributed by atoms with Gasteiger partial charge in [-0.25, -0.2) is 0 Å². The molecule has 4 aliphatic carbocycles. The summed E-state index contributed by atoms with van der Waals surface area (Å²) < 4.78 is 0. The molecule has 0 aliphatic heterocycles. The van der Waals surface area contributed by atoms with Crippen molar-refractivity contribution < 1.29 is 0 Å². The fourth-order valence-electron chi connectivity index (χ4n) is 7.64. The van der Waals surface area contributed by atoms with Crippen molar-refractivity contribution in [3.05, 3.63) is 166 Å². The second-order valence-corrected chi connectivity index (χ2v) is 11.6. The van der Waals surface area contributed by atoms with Crippen molar-refractivity contribution in [3.8, 4) is 44.5 Å². The first-order valence-corrected chi connectivity index (χ1v) is 14.5. The van der Waals surface area contributed by atoms with E-state index in [2.05, 4.69) is 121 Å². The van der Waals surface area contributed by atoms with Crippen molar-refractivity contribution in [3.63, 3.8) is 0 Å². The van der Waals surface area contributed by atoms with Gasteiger partial charge in [-0.1, -0.05) is 115 Å². The Bertz CT molecular complexity index is 1920. The van der Waals surface area contributed by atoms with Gasteiger partial charge in [0.1, 0.15) is 0 Å². The molecule has 0 bridgehead atoms. The highest BCUT2D eigenvalue weighted by Gasteiger charge is 2.28. The van der Waals surface area contributed by atoms with Crippen molar-refractivity contribution in [2.75, 3.05) is 0 Å². The van der Waals surface area contributed by atoms with Crippen LogP contribution in [0.2, 0.25) is 0 Å². The van der Waals surface area contributed by atoms with Gasteiger partial charge in [-0.15, -0.1) is 0 Å². The summed E-state index contributed by atoms with van der Waals surface area (Å²) in [5.41, 5.74) is 23.5. The van der Waals surface area contributed by atoms with Crippen LogP contribution in [0.15, 0.2) is 121 Å². The molecule has 0 radical (unpaired) electrons. The van der Waals surface area contributed by atoms with E-state index in [4.69, 9.17) is 0 Å². The van der Waals surface area contributed by atoms with Crippen molar-refractivity contribution >= 4 is 0 Å². The summed E-state index contributed by atoms with van der Waals surface area (Å²) in [6, 6.07) is 44.8. The maximum Gasteiger partial charge on any atom is -0.000718 e. The summed E-state index contributed by atoms with van der Waals surface area (Å²) in [4.78, 5) is 0. The quantitative estimate of drug-likeness (QED) is 0.191. The minimum absolute atomic E-state index is 1.09. The van der Waals surface area contributed by atoms with Crippen LogP contribution < -0.4 is 0 Å². The van der Waals surface area contributed by atoms with Gasteiger partial charge in [-0.2, -0.15) is 0 Å². The summed E-state index contributed by atoms with van der Waals surface area (Å²) in [7, 11) is 0. The molecule has 0 heteroatoms. The van der Waals surface area contributed by atoms with E-state index in [1.165, 1.54) is 89.0 Å². The number of hydrogen-bond donors (Lipinski definition) is 0. The number of rotatable bonds is 0. The molecular weight excluding hydrogens is 480 g/mol. The Labute approximate surface area is 235 Å². The van der Waals surface area contributed by atoms with Gasteiger partial charge in [0, 0.05) is 0 Å². The first-order valence-electron chi connectivity index (χ1n) is 14.5. The standard InChI is InChI=1S/2C20H14/c1-3-7-16-14(6-1)12-19-18(16)10-9-15-11-13-5-2-4-8-17(13)20(15)19;1-3-7-17-13(5-1)9-15-11-16-10-14-6-2-4-8-18(14)20(16)12-19(15)17/h1-10H,11-12H2;1-8,11-12H,9-10H2. The number of fused-ring (bicyclic) bond motifs is 13. The average Bonchev–Trinajstić information content (AvgIpc) is 3.75. The van der Waals surface area contributed by atoms with E-state index in [9.17, 15) is 0 Å². The van der Waals surface area contributed by atoms with Crippen LogP contribution in [0.1, 0.15) is 44.5 Å². The van der Waals surface area contributed by atoms with Gasteiger partial charge in [0.2, 0.25) is 0 Å². The summed E-state index contributed by atoms with van der Waals surface area (Å²) >= 11 is 0. The first-order chi connectivity index (χ1) is 19.8. The lowest BCUT2D eigenvalue weighted by atomic mass is 9.95. The zero-order chi connectivity index (χ0) is 26.2. The lowest BCUT2D eigenvalue weighted by Crippen LogP contribution is -1.88. The van der Waals surface area contributed by atoms with Gasteiger partial charge in [0.15, 0.2) is 0 Å². The Morgan fingerprint density at radius 1 is 0.275 bits per heavy atom. The highest BCUT2D eigenvalue weighted by atomic mass is 14.3. The highest BCUT2D eigenvalue weighted by Crippen LogP contribution is 2.47. The summed E-state index contributed by atoms with van der Waals surface area (Å²) in [5, 5.41) is 0. The summed E-state index contributed by atoms with van der Waals surface area (Å²) in [6.07, 6.45) is 4.36. The third kappa shape index (κ3) is 3.20. The topological polar surface area (TPSA) is 0 Å². The summed E-state index contributed by atoms with van der Waals surface area (Å²) in [6.45, 7) is 0. The SMILES string of the molecule is c1ccc2c(c1)Cc1c-2ccc2c1-c1ccccc1C2.c1ccc2c(c1)Cc1cc3c(cc1-2)-c1ccccc1C3. The summed E-state index contributed by atoms with van der Waals surface area (Å²) in [5.74, 6) is 0. The molecule has 0 amide bonds. The fourth-order valence-corrected chi connectivity index (χ4v) is 7.64. The van der Waals surface area contributed by atoms with E-state index in [0.29, 0.717) is 0 Å². The molecule has 0 unspecified atom stereocenters. The molecule has 0 saturated carbocycles. The van der Waals surface area contributed by atoms with Gasteiger partial charge in [0.25, 0.3) is 0 Å². The van der Waals surface area contributed by atoms with Crippen LogP contribution >= 0.6 is 0 Å². The van der Waals surface area contributed by atoms with Crippen LogP contribution in [0.4, 0.5) is 0 Å². The molecule has 40 heavy (non-hydrogen) atoms. The monoisotopic (exact) mass is 508 g/mol. The second kappa shape index (κ2) is 8.41. The Morgan fingerprint density at radius 2 is 0.725 bits per heavy atom. The van der Waals surface area contributed by atoms with Crippen LogP contribution in [0.25, 0.3) is 44.5 Å². The molecule has 0 nitrogen and oxygen atoms in total. The molecule has 10 rings (SSSR count). The maximum atomic E-state index is 2.44. The van der Waals surface area contributed by atoms with E-state index in [0.717, 1.165) is 25.7 Å². The molecular formula is C40H28. The number of benzene rings is 6. The number of hydrogen-bond acceptors (Lipinski definition) is 0. The van der Waals surface area contributed by atoms with E-state index in [1.54, 1.807) is 0 Å². The maximum absolute atomic E-state index is 2.44. The molecule has 6 aromatic carbocycles. The molecule has 4 aliphatic rings. The molecule has 0 aromatic heterocycles. The van der Waals surface area contributed by atoms with Crippen LogP contribution in [0, 0.1) is 0 Å². The lowest BCUT2D eigenvalue weighted by Gasteiger charge is -2.08. The van der Waals surface area contributed by atoms with Crippen LogP contribution in [-0.2, 0) is 25.7 Å². The molecule has 0 saturated heterocycles. The molecule has 0 fully saturated rings. The minimum Gasteiger partial charge on any atom is -0.0619 e. The second-order valence-electron chi connectivity index (χ2n) is 11.6. The van der Waals surface area contributed by atoms with E-state index in [-0.39, 0.29) is 0 Å². The molecule has 188 valence electrons. The molecule has 0 spiro atoms. The third-order valence-electron chi connectivity index (χ3n) is 9.45. The normalized spacial score (nSPS) is 13.6. The highest BCUT2D eigenvalue weighted by molar-refractivity contribution is 5.90. The lowest BCUT2D eigenvalue weighted by molar-refractivity contribution is 1.21. The van der Waals surface area contributed by atoms with E-state index in [1.807, 2.05) is 0 Å². The van der Waals surface area contributed by atoms with Crippen molar-refractivity contribution in [2.24, 2.45) is 0 Å². The Kier molecular flexibility index (Phi) is 4.66. The minimum atomic E-state index is 1.09. The van der Waals surface area contributed by atoms with Gasteiger partial charge < -0.3 is 0 Å². The predicted octanol–water partition coefficient (Wildman–Crippen LogP) is 9.66. The Hall–Kier alpha value is -4.68. The first kappa shape index (κ1) is 22.2. The molecule has 6 aromatic rings. The smallest absolute Gasteiger partial charge is 0.000718 e. The largest absolute Gasteiger partial charge is 0.0619 e. The van der Waals surface area contributed by atoms with Gasteiger partial charge in [-0.3, -0.25) is 0 Å². The zero-order valence-electron chi connectivity index (χ0n) is 22.4. The van der Waals surface area contributed by atoms with Crippen LogP contribution in [-0.4, -0.2) is 0 Å². The zero-order valence-corrected chi connectivity index (χ0v) is 22.4. The average molecular weight is 509 g/mol. The van der Waals surface area contributed by atoms with E-state index < -0.39 is 0 Å². The third-order valence-corrected chi connectivity index (χ3v) is 9.45. The fraction of sp³-hybridized carbons (Fsp3) is 0.100. The van der Waals surface area contributed by atoms with Crippen molar-refractivity contribution in [1.82, 2.24) is 0 Å². The van der Waals surface area contributed by atoms with Crippen molar-refractivity contribution in [1.29, 1.82) is 0 Å². The predicted molar refractivity (Wildman–Crippen MR) is 166 cm³/mol.